The minimum absolute atomic E-state index is 0.144. The summed E-state index contributed by atoms with van der Waals surface area (Å²) < 4.78 is 7.31. The molecule has 0 spiro atoms. The van der Waals surface area contributed by atoms with Gasteiger partial charge in [0, 0.05) is 28.2 Å². The van der Waals surface area contributed by atoms with Crippen LogP contribution in [0.1, 0.15) is 5.69 Å². The lowest BCUT2D eigenvalue weighted by Crippen LogP contribution is -2.71. The van der Waals surface area contributed by atoms with E-state index in [0.29, 0.717) is 11.3 Å². The molecule has 0 radical (unpaired) electrons. The number of fused-ring (bicyclic) bond motifs is 2. The fraction of sp³-hybridized carbons (Fsp3) is 0.273. The largest absolute Gasteiger partial charge is 0.543 e. The Morgan fingerprint density at radius 3 is 2.84 bits per heavy atom. The molecule has 12 nitrogen and oxygen atoms in total. The van der Waals surface area contributed by atoms with Crippen molar-refractivity contribution in [2.75, 3.05) is 25.7 Å². The molecule has 0 aromatic carbocycles. The van der Waals surface area contributed by atoms with E-state index in [1.165, 1.54) is 35.1 Å². The van der Waals surface area contributed by atoms with E-state index in [1.54, 1.807) is 12.5 Å². The second kappa shape index (κ2) is 9.99. The molecule has 3 N–H and O–H groups in total. The predicted molar refractivity (Wildman–Crippen MR) is 136 cm³/mol. The Morgan fingerprint density at radius 1 is 1.35 bits per heavy atom. The zero-order chi connectivity index (χ0) is 26.3. The summed E-state index contributed by atoms with van der Waals surface area (Å²) in [5.74, 6) is -1.64. The van der Waals surface area contributed by atoms with Gasteiger partial charge in [-0.15, -0.1) is 23.1 Å². The van der Waals surface area contributed by atoms with Crippen LogP contribution in [-0.2, 0) is 25.8 Å². The highest BCUT2D eigenvalue weighted by Crippen LogP contribution is 2.40. The quantitative estimate of drug-likeness (QED) is 0.163. The maximum atomic E-state index is 13.1. The third kappa shape index (κ3) is 4.38. The van der Waals surface area contributed by atoms with Crippen LogP contribution in [0.3, 0.4) is 0 Å². The first-order chi connectivity index (χ1) is 17.8. The van der Waals surface area contributed by atoms with Crippen molar-refractivity contribution in [3.8, 4) is 5.75 Å². The second-order valence-electron chi connectivity index (χ2n) is 7.95. The van der Waals surface area contributed by atoms with Gasteiger partial charge in [-0.1, -0.05) is 16.5 Å². The molecule has 2 atom stereocenters. The van der Waals surface area contributed by atoms with Gasteiger partial charge in [0.15, 0.2) is 23.6 Å². The highest BCUT2D eigenvalue weighted by molar-refractivity contribution is 8.00. The highest BCUT2D eigenvalue weighted by Gasteiger charge is 2.53. The van der Waals surface area contributed by atoms with E-state index in [-0.39, 0.29) is 28.8 Å². The number of amides is 2. The van der Waals surface area contributed by atoms with E-state index in [2.05, 4.69) is 15.5 Å². The van der Waals surface area contributed by atoms with E-state index in [4.69, 9.17) is 15.3 Å². The molecule has 37 heavy (non-hydrogen) atoms. The Bertz CT molecular complexity index is 1480. The first-order valence-electron chi connectivity index (χ1n) is 10.8. The summed E-state index contributed by atoms with van der Waals surface area (Å²) >= 11 is 3.96. The SMILES string of the molecule is CO/N=C(\C(=O)NC1C(=O)N2C(C(=O)[O-])=C(C[n+]3cccc4c(OC)csc43)CS[C@H]12)c1csc(N)n1. The van der Waals surface area contributed by atoms with E-state index in [9.17, 15) is 19.5 Å². The number of carboxylic acid groups (broad SMARTS) is 1. The molecule has 5 heterocycles. The van der Waals surface area contributed by atoms with Crippen molar-refractivity contribution >= 4 is 73.3 Å². The molecule has 5 rings (SSSR count). The number of nitrogens with zero attached hydrogens (tertiary/aromatic N) is 4. The Balaban J connectivity index is 1.38. The van der Waals surface area contributed by atoms with Crippen LogP contribution < -0.4 is 25.5 Å². The van der Waals surface area contributed by atoms with Gasteiger partial charge in [0.05, 0.1) is 18.8 Å². The van der Waals surface area contributed by atoms with Crippen molar-refractivity contribution in [3.63, 3.8) is 0 Å². The molecule has 0 saturated carbocycles. The molecule has 1 fully saturated rings. The monoisotopic (exact) mass is 560 g/mol. The third-order valence-electron chi connectivity index (χ3n) is 5.83. The number of oxime groups is 1. The van der Waals surface area contributed by atoms with Gasteiger partial charge in [-0.3, -0.25) is 14.5 Å². The Kier molecular flexibility index (Phi) is 6.74. The number of nitrogens with two attached hydrogens (primary N) is 1. The second-order valence-corrected chi connectivity index (χ2v) is 10.8. The van der Waals surface area contributed by atoms with Crippen LogP contribution in [0, 0.1) is 0 Å². The number of carbonyl (C=O) groups excluding carboxylic acids is 3. The van der Waals surface area contributed by atoms with Crippen molar-refractivity contribution in [2.24, 2.45) is 5.16 Å². The number of hydrogen-bond donors (Lipinski definition) is 2. The number of carboxylic acids is 1. The number of rotatable bonds is 8. The topological polar surface area (TPSA) is 163 Å². The first kappa shape index (κ1) is 25.0. The number of hydrogen-bond acceptors (Lipinski definition) is 12. The van der Waals surface area contributed by atoms with E-state index in [1.807, 2.05) is 28.3 Å². The zero-order valence-corrected chi connectivity index (χ0v) is 21.9. The number of β-lactam (4-membered cyclic amide) rings is 1. The summed E-state index contributed by atoms with van der Waals surface area (Å²) in [5.41, 5.74) is 6.07. The molecule has 2 aliphatic rings. The number of anilines is 1. The predicted octanol–water partition coefficient (Wildman–Crippen LogP) is -0.309. The molecule has 1 saturated heterocycles. The summed E-state index contributed by atoms with van der Waals surface area (Å²) in [4.78, 5) is 49.0. The van der Waals surface area contributed by atoms with Crippen LogP contribution in [0.4, 0.5) is 5.13 Å². The highest BCUT2D eigenvalue weighted by atomic mass is 32.2. The lowest BCUT2D eigenvalue weighted by Gasteiger charge is -2.50. The number of nitrogens with one attached hydrogen (secondary N) is 1. The molecule has 1 unspecified atom stereocenters. The van der Waals surface area contributed by atoms with Crippen LogP contribution in [-0.4, -0.2) is 64.8 Å². The fourth-order valence-electron chi connectivity index (χ4n) is 4.21. The maximum Gasteiger partial charge on any atom is 0.276 e. The Hall–Kier alpha value is -3.69. The molecule has 0 bridgehead atoms. The van der Waals surface area contributed by atoms with Gasteiger partial charge >= 0.3 is 0 Å². The number of thiazole rings is 1. The standard InChI is InChI=1S/C22H20N6O6S3/c1-33-13-9-36-19-11(13)4-3-5-27(19)6-10-7-35-20-15(18(30)28(20)16(10)21(31)32)25-17(29)14(26-34-2)12-8-37-22(23)24-12/h3-5,8-9,15,20H,6-7H2,1-2H3,(H3-,23,24,25,29,31,32)/b26-14-/t15?,20-/m1/s1. The van der Waals surface area contributed by atoms with Gasteiger partial charge in [-0.25, -0.2) is 4.98 Å². The fourth-order valence-corrected chi connectivity index (χ4v) is 7.09. The lowest BCUT2D eigenvalue weighted by atomic mass is 10.0. The summed E-state index contributed by atoms with van der Waals surface area (Å²) in [6.07, 6.45) is 1.85. The number of pyridine rings is 1. The number of aliphatic carboxylic acids is 1. The van der Waals surface area contributed by atoms with Gasteiger partial charge in [-0.05, 0) is 6.07 Å². The van der Waals surface area contributed by atoms with Crippen LogP contribution in [0.5, 0.6) is 5.75 Å². The average Bonchev–Trinajstić information content (AvgIpc) is 3.51. The molecule has 15 heteroatoms. The number of carbonyl (C=O) groups is 3. The van der Waals surface area contributed by atoms with Crippen molar-refractivity contribution in [3.05, 3.63) is 46.1 Å². The van der Waals surface area contributed by atoms with Gasteiger partial charge in [0.25, 0.3) is 16.6 Å². The number of thiophene rings is 1. The summed E-state index contributed by atoms with van der Waals surface area (Å²) in [6, 6.07) is 2.82. The van der Waals surface area contributed by atoms with Crippen LogP contribution in [0.2, 0.25) is 0 Å². The first-order valence-corrected chi connectivity index (χ1v) is 13.6. The molecule has 3 aromatic heterocycles. The Labute approximate surface area is 222 Å². The maximum absolute atomic E-state index is 13.1. The number of nitrogen functional groups attached to an aromatic ring is 1. The smallest absolute Gasteiger partial charge is 0.276 e. The molecule has 3 aromatic rings. The van der Waals surface area contributed by atoms with Crippen molar-refractivity contribution < 1.29 is 33.6 Å². The van der Waals surface area contributed by atoms with Crippen LogP contribution in [0.25, 0.3) is 10.2 Å². The van der Waals surface area contributed by atoms with Crippen LogP contribution >= 0.6 is 34.4 Å². The number of methoxy groups -OCH3 is 1. The third-order valence-corrected chi connectivity index (χ3v) is 8.86. The van der Waals surface area contributed by atoms with Crippen LogP contribution in [0.15, 0.2) is 45.5 Å². The van der Waals surface area contributed by atoms with E-state index in [0.717, 1.165) is 27.3 Å². The Morgan fingerprint density at radius 2 is 2.16 bits per heavy atom. The van der Waals surface area contributed by atoms with Crippen molar-refractivity contribution in [1.29, 1.82) is 0 Å². The summed E-state index contributed by atoms with van der Waals surface area (Å²) in [6.45, 7) is 0.251. The van der Waals surface area contributed by atoms with Gasteiger partial charge in [0.1, 0.15) is 35.4 Å². The minimum Gasteiger partial charge on any atom is -0.543 e. The molecule has 2 amide bonds. The van der Waals surface area contributed by atoms with Gasteiger partial charge < -0.3 is 30.5 Å². The number of ether oxygens (including phenoxy) is 1. The van der Waals surface area contributed by atoms with E-state index >= 15 is 0 Å². The summed E-state index contributed by atoms with van der Waals surface area (Å²) in [7, 11) is 2.87. The minimum atomic E-state index is -1.45. The molecular formula is C22H20N6O6S3. The molecule has 192 valence electrons. The molecule has 0 aliphatic carbocycles. The molecule has 2 aliphatic heterocycles. The summed E-state index contributed by atoms with van der Waals surface area (Å²) in [5, 5.41) is 22.5. The average molecular weight is 561 g/mol. The lowest BCUT2D eigenvalue weighted by molar-refractivity contribution is -0.661. The number of thioether (sulfide) groups is 1. The van der Waals surface area contributed by atoms with Crippen molar-refractivity contribution in [2.45, 2.75) is 18.0 Å². The van der Waals surface area contributed by atoms with Gasteiger partial charge in [0.2, 0.25) is 0 Å². The zero-order valence-electron chi connectivity index (χ0n) is 19.5. The van der Waals surface area contributed by atoms with Gasteiger partial charge in [-0.2, -0.15) is 4.57 Å². The number of aromatic nitrogens is 2. The van der Waals surface area contributed by atoms with Crippen molar-refractivity contribution in [1.82, 2.24) is 15.2 Å². The molecular weight excluding hydrogens is 540 g/mol. The normalized spacial score (nSPS) is 19.5. The van der Waals surface area contributed by atoms with E-state index < -0.39 is 29.2 Å².